The van der Waals surface area contributed by atoms with E-state index in [1.165, 1.54) is 35.8 Å². The Kier molecular flexibility index (Phi) is 6.20. The van der Waals surface area contributed by atoms with Gasteiger partial charge in [-0.2, -0.15) is 4.31 Å². The Hall–Kier alpha value is -1.84. The molecule has 1 spiro atoms. The molecule has 3 aliphatic rings. The average molecular weight is 470 g/mol. The molecule has 0 unspecified atom stereocenters. The van der Waals surface area contributed by atoms with Crippen molar-refractivity contribution in [3.8, 4) is 0 Å². The van der Waals surface area contributed by atoms with Gasteiger partial charge in [0.15, 0.2) is 0 Å². The molecule has 1 saturated carbocycles. The first-order valence-electron chi connectivity index (χ1n) is 10.8. The number of rotatable bonds is 4. The second-order valence-corrected chi connectivity index (χ2v) is 11.0. The van der Waals surface area contributed by atoms with Crippen LogP contribution in [0.3, 0.4) is 0 Å². The van der Waals surface area contributed by atoms with Crippen molar-refractivity contribution in [3.63, 3.8) is 0 Å². The van der Waals surface area contributed by atoms with Crippen LogP contribution < -0.4 is 5.32 Å². The van der Waals surface area contributed by atoms with E-state index < -0.39 is 10.0 Å². The van der Waals surface area contributed by atoms with Crippen LogP contribution in [0.1, 0.15) is 51.9 Å². The second kappa shape index (κ2) is 8.60. The fourth-order valence-corrected chi connectivity index (χ4v) is 6.67. The van der Waals surface area contributed by atoms with Gasteiger partial charge in [-0.3, -0.25) is 4.79 Å². The van der Waals surface area contributed by atoms with Gasteiger partial charge in [0, 0.05) is 26.1 Å². The first-order valence-corrected chi connectivity index (χ1v) is 12.6. The van der Waals surface area contributed by atoms with E-state index in [2.05, 4.69) is 5.32 Å². The molecule has 2 heterocycles. The van der Waals surface area contributed by atoms with Gasteiger partial charge in [-0.25, -0.2) is 13.2 Å². The van der Waals surface area contributed by atoms with Crippen molar-refractivity contribution in [2.75, 3.05) is 25.0 Å². The van der Waals surface area contributed by atoms with Crippen molar-refractivity contribution in [3.05, 3.63) is 23.2 Å². The Labute approximate surface area is 187 Å². The minimum Gasteiger partial charge on any atom is -0.441 e. The molecule has 1 N–H and O–H groups in total. The number of carbonyl (C=O) groups excluding carboxylic acids is 2. The summed E-state index contributed by atoms with van der Waals surface area (Å²) in [4.78, 5) is 25.6. The molecule has 170 valence electrons. The monoisotopic (exact) mass is 469 g/mol. The molecule has 3 fully saturated rings. The molecular weight excluding hydrogens is 442 g/mol. The number of hydrogen-bond acceptors (Lipinski definition) is 5. The lowest BCUT2D eigenvalue weighted by atomic mass is 9.84. The van der Waals surface area contributed by atoms with Crippen LogP contribution in [0.4, 0.5) is 10.5 Å². The number of piperidine rings is 1. The van der Waals surface area contributed by atoms with E-state index in [0.717, 1.165) is 25.7 Å². The second-order valence-electron chi connectivity index (χ2n) is 8.70. The first-order chi connectivity index (χ1) is 14.7. The third kappa shape index (κ3) is 4.54. The zero-order chi connectivity index (χ0) is 22.2. The highest BCUT2D eigenvalue weighted by Gasteiger charge is 2.48. The molecule has 2 aliphatic heterocycles. The van der Waals surface area contributed by atoms with Crippen LogP contribution in [0.15, 0.2) is 23.1 Å². The van der Waals surface area contributed by atoms with E-state index >= 15 is 0 Å². The number of benzene rings is 1. The predicted octanol–water partition coefficient (Wildman–Crippen LogP) is 3.61. The number of carbonyl (C=O) groups is 2. The van der Waals surface area contributed by atoms with Gasteiger partial charge in [-0.1, -0.05) is 18.0 Å². The summed E-state index contributed by atoms with van der Waals surface area (Å²) in [6, 6.07) is 4.29. The molecule has 31 heavy (non-hydrogen) atoms. The maximum Gasteiger partial charge on any atom is 0.410 e. The Bertz CT molecular complexity index is 969. The number of nitrogens with zero attached hydrogens (tertiary/aromatic N) is 2. The topological polar surface area (TPSA) is 96.0 Å². The summed E-state index contributed by atoms with van der Waals surface area (Å²) in [5.74, 6) is -0.282. The molecule has 2 saturated heterocycles. The highest BCUT2D eigenvalue weighted by molar-refractivity contribution is 7.89. The highest BCUT2D eigenvalue weighted by Crippen LogP contribution is 2.39. The molecule has 1 aromatic carbocycles. The number of amides is 2. The molecule has 4 rings (SSSR count). The zero-order valence-electron chi connectivity index (χ0n) is 17.6. The van der Waals surface area contributed by atoms with E-state index in [9.17, 15) is 18.0 Å². The fraction of sp³-hybridized carbons (Fsp3) is 0.619. The summed E-state index contributed by atoms with van der Waals surface area (Å²) in [5, 5.41) is 2.74. The summed E-state index contributed by atoms with van der Waals surface area (Å²) < 4.78 is 33.4. The molecule has 10 heteroatoms. The Morgan fingerprint density at radius 3 is 2.48 bits per heavy atom. The minimum atomic E-state index is -3.72. The predicted molar refractivity (Wildman–Crippen MR) is 117 cm³/mol. The van der Waals surface area contributed by atoms with Crippen LogP contribution in [0, 0.1) is 0 Å². The van der Waals surface area contributed by atoms with Crippen molar-refractivity contribution in [1.82, 2.24) is 9.21 Å². The van der Waals surface area contributed by atoms with E-state index in [0.29, 0.717) is 38.2 Å². The fourth-order valence-electron chi connectivity index (χ4n) is 4.88. The zero-order valence-corrected chi connectivity index (χ0v) is 19.2. The van der Waals surface area contributed by atoms with Crippen molar-refractivity contribution >= 4 is 39.3 Å². The number of sulfonamides is 1. The van der Waals surface area contributed by atoms with Gasteiger partial charge >= 0.3 is 6.09 Å². The maximum atomic E-state index is 13.1. The normalized spacial score (nSPS) is 22.5. The van der Waals surface area contributed by atoms with Crippen LogP contribution in [-0.4, -0.2) is 60.9 Å². The SMILES string of the molecule is CC(=O)Nc1ccc(S(=O)(=O)N2CCC(N3CC4(CCCCC4)OC3=O)CC2)cc1Cl. The van der Waals surface area contributed by atoms with Gasteiger partial charge in [0.1, 0.15) is 5.60 Å². The van der Waals surface area contributed by atoms with E-state index in [1.54, 1.807) is 0 Å². The first kappa shape index (κ1) is 22.4. The smallest absolute Gasteiger partial charge is 0.410 e. The van der Waals surface area contributed by atoms with Crippen LogP contribution in [0.5, 0.6) is 0 Å². The van der Waals surface area contributed by atoms with Crippen LogP contribution in [0.25, 0.3) is 0 Å². The van der Waals surface area contributed by atoms with Crippen molar-refractivity contribution in [2.24, 2.45) is 0 Å². The van der Waals surface area contributed by atoms with E-state index in [4.69, 9.17) is 16.3 Å². The summed E-state index contributed by atoms with van der Waals surface area (Å²) in [7, 11) is -3.72. The number of anilines is 1. The lowest BCUT2D eigenvalue weighted by molar-refractivity contribution is -0.114. The third-order valence-electron chi connectivity index (χ3n) is 6.51. The van der Waals surface area contributed by atoms with Gasteiger partial charge in [-0.05, 0) is 56.7 Å². The third-order valence-corrected chi connectivity index (χ3v) is 8.72. The molecule has 1 aromatic rings. The lowest BCUT2D eigenvalue weighted by Gasteiger charge is -2.36. The Balaban J connectivity index is 1.41. The van der Waals surface area contributed by atoms with Gasteiger partial charge in [-0.15, -0.1) is 0 Å². The highest BCUT2D eigenvalue weighted by atomic mass is 35.5. The molecule has 8 nitrogen and oxygen atoms in total. The van der Waals surface area contributed by atoms with Gasteiger partial charge in [0.25, 0.3) is 0 Å². The molecule has 0 radical (unpaired) electrons. The number of hydrogen-bond donors (Lipinski definition) is 1. The van der Waals surface area contributed by atoms with Gasteiger partial charge in [0.2, 0.25) is 15.9 Å². The Morgan fingerprint density at radius 2 is 1.87 bits per heavy atom. The van der Waals surface area contributed by atoms with E-state index in [1.807, 2.05) is 4.90 Å². The molecule has 0 aromatic heterocycles. The molecule has 1 aliphatic carbocycles. The summed E-state index contributed by atoms with van der Waals surface area (Å²) in [6.45, 7) is 2.63. The number of nitrogens with one attached hydrogen (secondary N) is 1. The van der Waals surface area contributed by atoms with Crippen LogP contribution in [0.2, 0.25) is 5.02 Å². The maximum absolute atomic E-state index is 13.1. The largest absolute Gasteiger partial charge is 0.441 e. The minimum absolute atomic E-state index is 0.00835. The van der Waals surface area contributed by atoms with Gasteiger partial charge < -0.3 is 15.0 Å². The van der Waals surface area contributed by atoms with Crippen LogP contribution in [-0.2, 0) is 19.6 Å². The quantitative estimate of drug-likeness (QED) is 0.726. The van der Waals surface area contributed by atoms with Crippen LogP contribution >= 0.6 is 11.6 Å². The molecular formula is C21H28ClN3O5S. The molecule has 2 amide bonds. The summed E-state index contributed by atoms with van der Waals surface area (Å²) in [5.41, 5.74) is 0.0290. The van der Waals surface area contributed by atoms with Crippen molar-refractivity contribution < 1.29 is 22.7 Å². The lowest BCUT2D eigenvalue weighted by Crippen LogP contribution is -2.48. The van der Waals surface area contributed by atoms with Crippen molar-refractivity contribution in [2.45, 2.75) is 68.4 Å². The van der Waals surface area contributed by atoms with Gasteiger partial charge in [0.05, 0.1) is 22.2 Å². The Morgan fingerprint density at radius 1 is 1.19 bits per heavy atom. The summed E-state index contributed by atoms with van der Waals surface area (Å²) in [6.07, 6.45) is 6.07. The number of ether oxygens (including phenoxy) is 1. The van der Waals surface area contributed by atoms with Crippen molar-refractivity contribution in [1.29, 1.82) is 0 Å². The summed E-state index contributed by atoms with van der Waals surface area (Å²) >= 11 is 6.16. The van der Waals surface area contributed by atoms with E-state index in [-0.39, 0.29) is 33.6 Å². The number of halogens is 1. The molecule has 0 bridgehead atoms. The standard InChI is InChI=1S/C21H28ClN3O5S/c1-15(26)23-19-6-5-17(13-18(19)22)31(28,29)24-11-7-16(8-12-24)25-14-21(30-20(25)27)9-3-2-4-10-21/h5-6,13,16H,2-4,7-12,14H2,1H3,(H,23,26). The average Bonchev–Trinajstić information content (AvgIpc) is 3.05. The molecule has 0 atom stereocenters.